The molecule has 0 fully saturated rings. The Morgan fingerprint density at radius 1 is 1.64 bits per heavy atom. The number of carbonyl (C=O) groups is 1. The van der Waals surface area contributed by atoms with Gasteiger partial charge in [0.15, 0.2) is 0 Å². The minimum absolute atomic E-state index is 0.294. The van der Waals surface area contributed by atoms with Gasteiger partial charge in [0.05, 0.1) is 0 Å². The molecule has 0 aromatic carbocycles. The Bertz CT molecular complexity index is 138. The Labute approximate surface area is 67.9 Å². The average Bonchev–Trinajstić information content (AvgIpc) is 1.87. The Morgan fingerprint density at radius 3 is 2.73 bits per heavy atom. The summed E-state index contributed by atoms with van der Waals surface area (Å²) < 4.78 is 0. The number of carboxylic acids is 1. The first-order chi connectivity index (χ1) is 5.16. The summed E-state index contributed by atoms with van der Waals surface area (Å²) in [7, 11) is 0. The van der Waals surface area contributed by atoms with Crippen molar-refractivity contribution in [1.82, 2.24) is 0 Å². The normalized spacial score (nSPS) is 13.6. The predicted molar refractivity (Wildman–Crippen MR) is 45.5 cm³/mol. The summed E-state index contributed by atoms with van der Waals surface area (Å²) in [5.41, 5.74) is 0. The largest absolute Gasteiger partial charge is 0.481 e. The summed E-state index contributed by atoms with van der Waals surface area (Å²) in [5.74, 6) is -0.183. The Kier molecular flexibility index (Phi) is 5.53. The fraction of sp³-hybridized carbons (Fsp3) is 0.667. The van der Waals surface area contributed by atoms with Crippen molar-refractivity contribution in [3.63, 3.8) is 0 Å². The minimum atomic E-state index is -0.697. The fourth-order valence-electron chi connectivity index (χ4n) is 1.00. The number of rotatable bonds is 5. The van der Waals surface area contributed by atoms with Gasteiger partial charge in [0.1, 0.15) is 0 Å². The molecule has 0 radical (unpaired) electrons. The van der Waals surface area contributed by atoms with Gasteiger partial charge in [0.25, 0.3) is 0 Å². The lowest BCUT2D eigenvalue weighted by molar-refractivity contribution is -0.137. The minimum Gasteiger partial charge on any atom is -0.481 e. The lowest BCUT2D eigenvalue weighted by Crippen LogP contribution is -1.96. The second-order valence-electron chi connectivity index (χ2n) is 2.79. The van der Waals surface area contributed by atoms with Gasteiger partial charge >= 0.3 is 5.97 Å². The molecule has 0 saturated carbocycles. The van der Waals surface area contributed by atoms with E-state index in [-0.39, 0.29) is 0 Å². The molecule has 64 valence electrons. The van der Waals surface area contributed by atoms with Crippen LogP contribution >= 0.6 is 0 Å². The molecule has 0 aliphatic heterocycles. The molecule has 0 aliphatic carbocycles. The zero-order valence-corrected chi connectivity index (χ0v) is 7.21. The highest BCUT2D eigenvalue weighted by Gasteiger charge is 1.99. The predicted octanol–water partition coefficient (Wildman–Crippen LogP) is 2.45. The van der Waals surface area contributed by atoms with Crippen molar-refractivity contribution in [2.45, 2.75) is 33.1 Å². The third kappa shape index (κ3) is 7.10. The van der Waals surface area contributed by atoms with E-state index in [4.69, 9.17) is 5.11 Å². The maximum atomic E-state index is 10.1. The molecule has 11 heavy (non-hydrogen) atoms. The molecule has 0 aromatic heterocycles. The van der Waals surface area contributed by atoms with Crippen LogP contribution in [0.2, 0.25) is 0 Å². The number of aliphatic carboxylic acids is 1. The summed E-state index contributed by atoms with van der Waals surface area (Å²) in [4.78, 5) is 10.1. The van der Waals surface area contributed by atoms with E-state index in [9.17, 15) is 4.79 Å². The zero-order valence-electron chi connectivity index (χ0n) is 7.21. The molecule has 1 unspecified atom stereocenters. The molecule has 0 bridgehead atoms. The van der Waals surface area contributed by atoms with Crippen molar-refractivity contribution < 1.29 is 9.90 Å². The van der Waals surface area contributed by atoms with E-state index in [0.717, 1.165) is 12.8 Å². The van der Waals surface area contributed by atoms with Crippen LogP contribution in [0.3, 0.4) is 0 Å². The monoisotopic (exact) mass is 156 g/mol. The van der Waals surface area contributed by atoms with Gasteiger partial charge in [-0.1, -0.05) is 19.1 Å². The fourth-order valence-corrected chi connectivity index (χ4v) is 1.00. The number of allylic oxidation sites excluding steroid dienone is 2. The molecule has 0 aromatic rings. The van der Waals surface area contributed by atoms with E-state index in [1.165, 1.54) is 0 Å². The van der Waals surface area contributed by atoms with Crippen LogP contribution in [-0.4, -0.2) is 11.1 Å². The first kappa shape index (κ1) is 10.2. The van der Waals surface area contributed by atoms with Crippen molar-refractivity contribution in [2.75, 3.05) is 0 Å². The Hall–Kier alpha value is -0.790. The first-order valence-electron chi connectivity index (χ1n) is 4.01. The molecular formula is C9H16O2. The van der Waals surface area contributed by atoms with E-state index in [0.29, 0.717) is 12.3 Å². The second-order valence-corrected chi connectivity index (χ2v) is 2.79. The van der Waals surface area contributed by atoms with Crippen LogP contribution in [0.1, 0.15) is 33.1 Å². The van der Waals surface area contributed by atoms with Crippen LogP contribution in [0.15, 0.2) is 12.2 Å². The van der Waals surface area contributed by atoms with Gasteiger partial charge in [-0.2, -0.15) is 0 Å². The molecule has 1 N–H and O–H groups in total. The van der Waals surface area contributed by atoms with Gasteiger partial charge < -0.3 is 5.11 Å². The van der Waals surface area contributed by atoms with Crippen LogP contribution in [0.4, 0.5) is 0 Å². The highest BCUT2D eigenvalue weighted by molar-refractivity contribution is 5.66. The molecule has 0 saturated heterocycles. The van der Waals surface area contributed by atoms with Gasteiger partial charge in [-0.25, -0.2) is 0 Å². The molecule has 0 amide bonds. The maximum absolute atomic E-state index is 10.1. The maximum Gasteiger partial charge on any atom is 0.303 e. The summed E-state index contributed by atoms with van der Waals surface area (Å²) in [5, 5.41) is 8.34. The lowest BCUT2D eigenvalue weighted by Gasteiger charge is -2.02. The molecule has 0 rings (SSSR count). The van der Waals surface area contributed by atoms with Gasteiger partial charge in [0.2, 0.25) is 0 Å². The SMILES string of the molecule is C/C=C\C(C)CCCC(=O)O. The topological polar surface area (TPSA) is 37.3 Å². The van der Waals surface area contributed by atoms with Crippen LogP contribution in [0.5, 0.6) is 0 Å². The van der Waals surface area contributed by atoms with E-state index in [1.807, 2.05) is 13.0 Å². The van der Waals surface area contributed by atoms with Crippen LogP contribution in [0.25, 0.3) is 0 Å². The van der Waals surface area contributed by atoms with Gasteiger partial charge in [0, 0.05) is 6.42 Å². The van der Waals surface area contributed by atoms with Crippen molar-refractivity contribution in [3.8, 4) is 0 Å². The molecule has 0 heterocycles. The van der Waals surface area contributed by atoms with Crippen molar-refractivity contribution >= 4 is 5.97 Å². The van der Waals surface area contributed by atoms with Crippen LogP contribution in [0, 0.1) is 5.92 Å². The molecule has 2 heteroatoms. The molecule has 0 spiro atoms. The summed E-state index contributed by atoms with van der Waals surface area (Å²) in [6.07, 6.45) is 6.15. The second kappa shape index (κ2) is 5.96. The van der Waals surface area contributed by atoms with Crippen LogP contribution in [-0.2, 0) is 4.79 Å². The summed E-state index contributed by atoms with van der Waals surface area (Å²) >= 11 is 0. The Morgan fingerprint density at radius 2 is 2.27 bits per heavy atom. The van der Waals surface area contributed by atoms with Crippen LogP contribution < -0.4 is 0 Å². The first-order valence-corrected chi connectivity index (χ1v) is 4.01. The Balaban J connectivity index is 3.31. The molecule has 0 aliphatic rings. The van der Waals surface area contributed by atoms with E-state index < -0.39 is 5.97 Å². The summed E-state index contributed by atoms with van der Waals surface area (Å²) in [6, 6.07) is 0. The smallest absolute Gasteiger partial charge is 0.303 e. The zero-order chi connectivity index (χ0) is 8.69. The molecule has 1 atom stereocenters. The molecule has 2 nitrogen and oxygen atoms in total. The van der Waals surface area contributed by atoms with Gasteiger partial charge in [-0.3, -0.25) is 4.79 Å². The molecular weight excluding hydrogens is 140 g/mol. The van der Waals surface area contributed by atoms with E-state index >= 15 is 0 Å². The number of hydrogen-bond acceptors (Lipinski definition) is 1. The highest BCUT2D eigenvalue weighted by atomic mass is 16.4. The van der Waals surface area contributed by atoms with E-state index in [2.05, 4.69) is 13.0 Å². The number of hydrogen-bond donors (Lipinski definition) is 1. The number of carboxylic acid groups (broad SMARTS) is 1. The quantitative estimate of drug-likeness (QED) is 0.621. The van der Waals surface area contributed by atoms with Crippen molar-refractivity contribution in [3.05, 3.63) is 12.2 Å². The van der Waals surface area contributed by atoms with Crippen molar-refractivity contribution in [2.24, 2.45) is 5.92 Å². The lowest BCUT2D eigenvalue weighted by atomic mass is 10.0. The van der Waals surface area contributed by atoms with Gasteiger partial charge in [-0.15, -0.1) is 0 Å². The van der Waals surface area contributed by atoms with Gasteiger partial charge in [-0.05, 0) is 25.7 Å². The standard InChI is InChI=1S/C9H16O2/c1-3-5-8(2)6-4-7-9(10)11/h3,5,8H,4,6-7H2,1-2H3,(H,10,11)/b5-3-. The summed E-state index contributed by atoms with van der Waals surface area (Å²) in [6.45, 7) is 4.08. The van der Waals surface area contributed by atoms with Crippen molar-refractivity contribution in [1.29, 1.82) is 0 Å². The average molecular weight is 156 g/mol. The third-order valence-electron chi connectivity index (χ3n) is 1.57. The highest BCUT2D eigenvalue weighted by Crippen LogP contribution is 2.08. The third-order valence-corrected chi connectivity index (χ3v) is 1.57. The van der Waals surface area contributed by atoms with E-state index in [1.54, 1.807) is 0 Å².